The van der Waals surface area contributed by atoms with E-state index in [2.05, 4.69) is 20.3 Å². The van der Waals surface area contributed by atoms with E-state index in [1.807, 2.05) is 24.3 Å². The lowest BCUT2D eigenvalue weighted by Gasteiger charge is -2.26. The Labute approximate surface area is 162 Å². The zero-order chi connectivity index (χ0) is 18.8. The number of nitrogen functional groups attached to an aromatic ring is 1. The lowest BCUT2D eigenvalue weighted by molar-refractivity contribution is 0.0398. The first kappa shape index (κ1) is 18.0. The van der Waals surface area contributed by atoms with Crippen LogP contribution in [0.2, 0.25) is 5.02 Å². The highest BCUT2D eigenvalue weighted by Crippen LogP contribution is 2.34. The number of hydrogen-bond donors (Lipinski definition) is 2. The summed E-state index contributed by atoms with van der Waals surface area (Å²) >= 11 is 6.41. The van der Waals surface area contributed by atoms with Crippen LogP contribution >= 0.6 is 11.6 Å². The SMILES string of the molecule is Cn1nc2nc(NCCN3CCOCC3)nc(-c3ccccc3Cl)c2c1N. The average Bonchev–Trinajstić information content (AvgIpc) is 2.96. The number of morpholine rings is 1. The number of nitrogens with zero attached hydrogens (tertiary/aromatic N) is 5. The zero-order valence-electron chi connectivity index (χ0n) is 15.2. The van der Waals surface area contributed by atoms with Gasteiger partial charge in [-0.1, -0.05) is 29.8 Å². The summed E-state index contributed by atoms with van der Waals surface area (Å²) in [6.45, 7) is 5.09. The Bertz CT molecular complexity index is 952. The van der Waals surface area contributed by atoms with Crippen LogP contribution < -0.4 is 11.1 Å². The molecule has 3 aromatic rings. The van der Waals surface area contributed by atoms with Crippen molar-refractivity contribution in [1.29, 1.82) is 0 Å². The number of aryl methyl sites for hydroxylation is 1. The molecule has 1 fully saturated rings. The second kappa shape index (κ2) is 7.67. The van der Waals surface area contributed by atoms with E-state index in [1.165, 1.54) is 0 Å². The number of nitrogens with one attached hydrogen (secondary N) is 1. The van der Waals surface area contributed by atoms with Crippen LogP contribution in [0.25, 0.3) is 22.3 Å². The topological polar surface area (TPSA) is 94.1 Å². The summed E-state index contributed by atoms with van der Waals surface area (Å²) in [5.41, 5.74) is 8.26. The first-order chi connectivity index (χ1) is 13.1. The van der Waals surface area contributed by atoms with Gasteiger partial charge in [0.05, 0.1) is 24.3 Å². The van der Waals surface area contributed by atoms with Gasteiger partial charge in [-0.2, -0.15) is 10.1 Å². The normalized spacial score (nSPS) is 15.3. The van der Waals surface area contributed by atoms with Crippen LogP contribution in [-0.4, -0.2) is 64.0 Å². The third kappa shape index (κ3) is 3.69. The maximum absolute atomic E-state index is 6.41. The Morgan fingerprint density at radius 1 is 1.22 bits per heavy atom. The molecule has 3 heterocycles. The molecule has 0 aliphatic carbocycles. The summed E-state index contributed by atoms with van der Waals surface area (Å²) < 4.78 is 6.99. The maximum Gasteiger partial charge on any atom is 0.225 e. The van der Waals surface area contributed by atoms with Crippen LogP contribution in [0.1, 0.15) is 0 Å². The number of anilines is 2. The summed E-state index contributed by atoms with van der Waals surface area (Å²) in [4.78, 5) is 11.6. The second-order valence-electron chi connectivity index (χ2n) is 6.46. The largest absolute Gasteiger partial charge is 0.383 e. The predicted molar refractivity (Wildman–Crippen MR) is 107 cm³/mol. The fourth-order valence-corrected chi connectivity index (χ4v) is 3.42. The van der Waals surface area contributed by atoms with E-state index < -0.39 is 0 Å². The summed E-state index contributed by atoms with van der Waals surface area (Å²) in [5, 5.41) is 9.05. The lowest BCUT2D eigenvalue weighted by Crippen LogP contribution is -2.39. The monoisotopic (exact) mass is 387 g/mol. The van der Waals surface area contributed by atoms with Crippen molar-refractivity contribution in [2.45, 2.75) is 0 Å². The molecule has 2 aromatic heterocycles. The van der Waals surface area contributed by atoms with E-state index in [0.29, 0.717) is 33.5 Å². The number of ether oxygens (including phenoxy) is 1. The van der Waals surface area contributed by atoms with Crippen molar-refractivity contribution in [3.8, 4) is 11.3 Å². The summed E-state index contributed by atoms with van der Waals surface area (Å²) in [5.74, 6) is 1.03. The van der Waals surface area contributed by atoms with Crippen LogP contribution in [0.4, 0.5) is 11.8 Å². The standard InChI is InChI=1S/C18H22ClN7O/c1-25-16(20)14-15(12-4-2-3-5-13(12)19)22-18(23-17(14)24-25)21-6-7-26-8-10-27-11-9-26/h2-5H,6-11,20H2,1H3,(H,21,23,24). The molecule has 0 spiro atoms. The quantitative estimate of drug-likeness (QED) is 0.691. The molecule has 27 heavy (non-hydrogen) atoms. The minimum atomic E-state index is 0.514. The van der Waals surface area contributed by atoms with E-state index >= 15 is 0 Å². The van der Waals surface area contributed by atoms with Crippen LogP contribution in [0.3, 0.4) is 0 Å². The number of hydrogen-bond acceptors (Lipinski definition) is 7. The van der Waals surface area contributed by atoms with E-state index in [4.69, 9.17) is 27.1 Å². The van der Waals surface area contributed by atoms with Crippen LogP contribution in [0.5, 0.6) is 0 Å². The minimum absolute atomic E-state index is 0.514. The maximum atomic E-state index is 6.41. The number of benzene rings is 1. The third-order valence-electron chi connectivity index (χ3n) is 4.68. The fraction of sp³-hybridized carbons (Fsp3) is 0.389. The molecule has 9 heteroatoms. The molecule has 0 bridgehead atoms. The van der Waals surface area contributed by atoms with Gasteiger partial charge in [0.2, 0.25) is 5.95 Å². The van der Waals surface area contributed by atoms with E-state index in [-0.39, 0.29) is 0 Å². The molecule has 0 amide bonds. The molecule has 1 saturated heterocycles. The summed E-state index contributed by atoms with van der Waals surface area (Å²) in [6, 6.07) is 7.57. The van der Waals surface area contributed by atoms with E-state index in [0.717, 1.165) is 45.0 Å². The van der Waals surface area contributed by atoms with Crippen LogP contribution in [-0.2, 0) is 11.8 Å². The van der Waals surface area contributed by atoms with Crippen molar-refractivity contribution < 1.29 is 4.74 Å². The number of nitrogens with two attached hydrogens (primary N) is 1. The molecule has 0 unspecified atom stereocenters. The number of aromatic nitrogens is 4. The number of rotatable bonds is 5. The fourth-order valence-electron chi connectivity index (χ4n) is 3.19. The van der Waals surface area contributed by atoms with Crippen molar-refractivity contribution in [1.82, 2.24) is 24.6 Å². The Morgan fingerprint density at radius 3 is 2.78 bits per heavy atom. The highest BCUT2D eigenvalue weighted by molar-refractivity contribution is 6.33. The average molecular weight is 388 g/mol. The molecule has 142 valence electrons. The first-order valence-electron chi connectivity index (χ1n) is 8.92. The summed E-state index contributed by atoms with van der Waals surface area (Å²) in [6.07, 6.45) is 0. The van der Waals surface area contributed by atoms with Crippen LogP contribution in [0.15, 0.2) is 24.3 Å². The predicted octanol–water partition coefficient (Wildman–Crippen LogP) is 2.01. The van der Waals surface area contributed by atoms with Gasteiger partial charge in [-0.25, -0.2) is 4.98 Å². The van der Waals surface area contributed by atoms with Gasteiger partial charge in [-0.05, 0) is 6.07 Å². The molecule has 1 aliphatic heterocycles. The number of halogens is 1. The lowest BCUT2D eigenvalue weighted by atomic mass is 10.1. The molecule has 4 rings (SSSR count). The van der Waals surface area contributed by atoms with E-state index in [9.17, 15) is 0 Å². The Morgan fingerprint density at radius 2 is 2.00 bits per heavy atom. The highest BCUT2D eigenvalue weighted by Gasteiger charge is 2.18. The highest BCUT2D eigenvalue weighted by atomic mass is 35.5. The molecule has 3 N–H and O–H groups in total. The molecule has 0 saturated carbocycles. The van der Waals surface area contributed by atoms with Gasteiger partial charge in [0.25, 0.3) is 0 Å². The zero-order valence-corrected chi connectivity index (χ0v) is 15.9. The minimum Gasteiger partial charge on any atom is -0.383 e. The van der Waals surface area contributed by atoms with Gasteiger partial charge in [-0.15, -0.1) is 0 Å². The molecule has 0 atom stereocenters. The van der Waals surface area contributed by atoms with Gasteiger partial charge in [-0.3, -0.25) is 9.58 Å². The Balaban J connectivity index is 1.65. The number of fused-ring (bicyclic) bond motifs is 1. The van der Waals surface area contributed by atoms with Gasteiger partial charge >= 0.3 is 0 Å². The van der Waals surface area contributed by atoms with E-state index in [1.54, 1.807) is 11.7 Å². The van der Waals surface area contributed by atoms with Crippen molar-refractivity contribution in [2.24, 2.45) is 7.05 Å². The van der Waals surface area contributed by atoms with Crippen molar-refractivity contribution in [3.05, 3.63) is 29.3 Å². The smallest absolute Gasteiger partial charge is 0.225 e. The van der Waals surface area contributed by atoms with Crippen LogP contribution in [0, 0.1) is 0 Å². The van der Waals surface area contributed by atoms with Gasteiger partial charge < -0.3 is 15.8 Å². The van der Waals surface area contributed by atoms with Crippen molar-refractivity contribution in [2.75, 3.05) is 50.4 Å². The molecule has 1 aliphatic rings. The molecular formula is C18H22ClN7O. The van der Waals surface area contributed by atoms with Gasteiger partial charge in [0, 0.05) is 43.8 Å². The molecule has 0 radical (unpaired) electrons. The molecule has 8 nitrogen and oxygen atoms in total. The molecular weight excluding hydrogens is 366 g/mol. The Hall–Kier alpha value is -2.42. The van der Waals surface area contributed by atoms with Crippen molar-refractivity contribution in [3.63, 3.8) is 0 Å². The van der Waals surface area contributed by atoms with Gasteiger partial charge in [0.15, 0.2) is 5.65 Å². The second-order valence-corrected chi connectivity index (χ2v) is 6.87. The third-order valence-corrected chi connectivity index (χ3v) is 5.01. The van der Waals surface area contributed by atoms with Crippen molar-refractivity contribution >= 4 is 34.4 Å². The molecule has 1 aromatic carbocycles. The summed E-state index contributed by atoms with van der Waals surface area (Å²) in [7, 11) is 1.79. The van der Waals surface area contributed by atoms with Gasteiger partial charge in [0.1, 0.15) is 5.82 Å². The first-order valence-corrected chi connectivity index (χ1v) is 9.30. The Kier molecular flexibility index (Phi) is 5.11.